The molecule has 3 aliphatic heterocycles. The van der Waals surface area contributed by atoms with Crippen LogP contribution in [0.1, 0.15) is 86.0 Å². The number of ether oxygens (including phenoxy) is 3. The summed E-state index contributed by atoms with van der Waals surface area (Å²) in [7, 11) is 0. The van der Waals surface area contributed by atoms with Crippen LogP contribution in [-0.4, -0.2) is 79.2 Å². The molecule has 1 spiro atoms. The van der Waals surface area contributed by atoms with E-state index in [4.69, 9.17) is 14.2 Å². The van der Waals surface area contributed by atoms with Crippen LogP contribution in [0.25, 0.3) is 0 Å². The largest absolute Gasteiger partial charge is 0.459 e. The molecule has 4 N–H and O–H groups in total. The minimum absolute atomic E-state index is 0.134. The number of fused-ring (bicyclic) bond motifs is 3. The highest BCUT2D eigenvalue weighted by Crippen LogP contribution is 2.69. The van der Waals surface area contributed by atoms with Crippen molar-refractivity contribution in [2.45, 2.75) is 133 Å². The normalized spacial score (nSPS) is 54.7. The Hall–Kier alpha value is -1.26. The molecular formula is C29H44O9. The maximum atomic E-state index is 12.5. The van der Waals surface area contributed by atoms with Gasteiger partial charge in [0, 0.05) is 23.7 Å². The van der Waals surface area contributed by atoms with Crippen molar-refractivity contribution in [1.82, 2.24) is 0 Å². The lowest BCUT2D eigenvalue weighted by Gasteiger charge is -2.59. The molecule has 6 fully saturated rings. The van der Waals surface area contributed by atoms with Crippen LogP contribution in [0.3, 0.4) is 0 Å². The number of esters is 2. The molecule has 214 valence electrons. The fourth-order valence-corrected chi connectivity index (χ4v) is 10.3. The molecule has 6 rings (SSSR count). The highest BCUT2D eigenvalue weighted by atomic mass is 16.6. The topological polar surface area (TPSA) is 143 Å². The van der Waals surface area contributed by atoms with Gasteiger partial charge in [-0.05, 0) is 64.2 Å². The monoisotopic (exact) mass is 536 g/mol. The van der Waals surface area contributed by atoms with Crippen molar-refractivity contribution < 1.29 is 44.2 Å². The van der Waals surface area contributed by atoms with Crippen molar-refractivity contribution in [3.05, 3.63) is 0 Å². The van der Waals surface area contributed by atoms with Gasteiger partial charge in [-0.15, -0.1) is 0 Å². The van der Waals surface area contributed by atoms with Crippen LogP contribution in [0.2, 0.25) is 0 Å². The number of hydrogen-bond acceptors (Lipinski definition) is 9. The van der Waals surface area contributed by atoms with E-state index in [9.17, 15) is 30.0 Å². The average Bonchev–Trinajstić information content (AvgIpc) is 3.40. The summed E-state index contributed by atoms with van der Waals surface area (Å²) >= 11 is 0. The summed E-state index contributed by atoms with van der Waals surface area (Å²) in [6, 6.07) is 0. The summed E-state index contributed by atoms with van der Waals surface area (Å²) in [6.07, 6.45) is -0.0790. The smallest absolute Gasteiger partial charge is 0.309 e. The van der Waals surface area contributed by atoms with Crippen molar-refractivity contribution in [3.8, 4) is 0 Å². The van der Waals surface area contributed by atoms with Crippen LogP contribution in [0.15, 0.2) is 0 Å². The number of hydrogen-bond donors (Lipinski definition) is 4. The fraction of sp³-hybridized carbons (Fsp3) is 0.931. The van der Waals surface area contributed by atoms with Crippen LogP contribution in [0.4, 0.5) is 0 Å². The van der Waals surface area contributed by atoms with Crippen LogP contribution in [0.5, 0.6) is 0 Å². The van der Waals surface area contributed by atoms with E-state index < -0.39 is 58.2 Å². The lowest BCUT2D eigenvalue weighted by atomic mass is 9.50. The molecule has 0 bridgehead atoms. The lowest BCUT2D eigenvalue weighted by molar-refractivity contribution is -0.254. The second kappa shape index (κ2) is 8.15. The summed E-state index contributed by atoms with van der Waals surface area (Å²) in [5.74, 6) is -2.23. The molecule has 3 aliphatic carbocycles. The first-order valence-electron chi connectivity index (χ1n) is 14.5. The van der Waals surface area contributed by atoms with E-state index in [1.807, 2.05) is 27.7 Å². The Kier molecular flexibility index (Phi) is 5.78. The number of aliphatic hydroxyl groups excluding tert-OH is 2. The van der Waals surface area contributed by atoms with Gasteiger partial charge >= 0.3 is 11.9 Å². The average molecular weight is 537 g/mol. The molecule has 6 aliphatic rings. The highest BCUT2D eigenvalue weighted by Gasteiger charge is 2.76. The van der Waals surface area contributed by atoms with Crippen LogP contribution in [-0.2, 0) is 23.8 Å². The molecule has 0 aromatic carbocycles. The van der Waals surface area contributed by atoms with Crippen molar-refractivity contribution in [2.75, 3.05) is 0 Å². The van der Waals surface area contributed by atoms with E-state index in [1.54, 1.807) is 6.92 Å². The second-order valence-electron chi connectivity index (χ2n) is 14.4. The molecule has 3 saturated heterocycles. The van der Waals surface area contributed by atoms with Gasteiger partial charge < -0.3 is 34.6 Å². The molecule has 13 atom stereocenters. The van der Waals surface area contributed by atoms with Gasteiger partial charge in [-0.25, -0.2) is 0 Å². The quantitative estimate of drug-likeness (QED) is 0.398. The molecule has 38 heavy (non-hydrogen) atoms. The molecule has 0 radical (unpaired) electrons. The third kappa shape index (κ3) is 3.28. The molecule has 0 aromatic heterocycles. The standard InChI is InChI=1S/C29H44O9/c1-14-10-17(36-24(14)33)23(32)15(2)16-11-20(30)29(35)19-7-6-18-25(3,4)37-21-12-22(31)38-28(18,21)13-27(19,34)9-8-26(16,29)5/h14-21,23,30,32,34-35H,6-13H2,1-5H3/t14-,15-,16-,17+,18+,19-,20+,21-,23-,26-,27+,28-,29-/m1/s1. The van der Waals surface area contributed by atoms with E-state index in [-0.39, 0.29) is 54.9 Å². The third-order valence-electron chi connectivity index (χ3n) is 12.2. The maximum Gasteiger partial charge on any atom is 0.309 e. The molecule has 9 heteroatoms. The Morgan fingerprint density at radius 2 is 1.71 bits per heavy atom. The first kappa shape index (κ1) is 26.9. The van der Waals surface area contributed by atoms with Crippen LogP contribution >= 0.6 is 0 Å². The Morgan fingerprint density at radius 3 is 2.37 bits per heavy atom. The number of carbonyl (C=O) groups is 2. The van der Waals surface area contributed by atoms with Crippen LogP contribution < -0.4 is 0 Å². The first-order chi connectivity index (χ1) is 17.6. The van der Waals surface area contributed by atoms with Crippen molar-refractivity contribution >= 4 is 11.9 Å². The summed E-state index contributed by atoms with van der Waals surface area (Å²) < 4.78 is 17.8. The van der Waals surface area contributed by atoms with E-state index >= 15 is 0 Å². The second-order valence-corrected chi connectivity index (χ2v) is 14.4. The predicted molar refractivity (Wildman–Crippen MR) is 133 cm³/mol. The zero-order valence-electron chi connectivity index (χ0n) is 23.2. The van der Waals surface area contributed by atoms with E-state index in [0.717, 1.165) is 0 Å². The minimum Gasteiger partial charge on any atom is -0.459 e. The third-order valence-corrected chi connectivity index (χ3v) is 12.2. The molecule has 0 amide bonds. The van der Waals surface area contributed by atoms with Crippen molar-refractivity contribution in [1.29, 1.82) is 0 Å². The molecule has 3 saturated carbocycles. The molecule has 9 nitrogen and oxygen atoms in total. The zero-order chi connectivity index (χ0) is 27.6. The van der Waals surface area contributed by atoms with Crippen molar-refractivity contribution in [3.63, 3.8) is 0 Å². The van der Waals surface area contributed by atoms with Crippen LogP contribution in [0, 0.1) is 35.0 Å². The van der Waals surface area contributed by atoms with Gasteiger partial charge in [0.05, 0.1) is 35.7 Å². The molecule has 0 aromatic rings. The first-order valence-corrected chi connectivity index (χ1v) is 14.5. The summed E-state index contributed by atoms with van der Waals surface area (Å²) in [5.41, 5.74) is -5.19. The van der Waals surface area contributed by atoms with Gasteiger partial charge in [-0.1, -0.05) is 20.8 Å². The fourth-order valence-electron chi connectivity index (χ4n) is 10.3. The molecule has 0 unspecified atom stereocenters. The van der Waals surface area contributed by atoms with Gasteiger partial charge in [0.1, 0.15) is 23.4 Å². The summed E-state index contributed by atoms with van der Waals surface area (Å²) in [4.78, 5) is 24.4. The Morgan fingerprint density at radius 1 is 1.03 bits per heavy atom. The number of cyclic esters (lactones) is 1. The van der Waals surface area contributed by atoms with Gasteiger partial charge in [0.25, 0.3) is 0 Å². The number of aliphatic hydroxyl groups is 4. The molecular weight excluding hydrogens is 492 g/mol. The van der Waals surface area contributed by atoms with E-state index in [1.165, 1.54) is 0 Å². The van der Waals surface area contributed by atoms with Crippen molar-refractivity contribution in [2.24, 2.45) is 35.0 Å². The SMILES string of the molecule is C[C@@H]([C@@H](O)[C@@H]1C[C@@H](C)C(=O)O1)[C@H]1C[C@H](O)[C@]2(O)[C@@H]3CC[C@H]4C(C)(C)O[C@@H]5CC(=O)O[C@@]54C[C@@]3(O)CC[C@]12C. The Labute approximate surface area is 224 Å². The Bertz CT molecular complexity index is 1030. The van der Waals surface area contributed by atoms with Gasteiger partial charge in [-0.3, -0.25) is 9.59 Å². The van der Waals surface area contributed by atoms with Gasteiger partial charge in [0.15, 0.2) is 0 Å². The zero-order valence-corrected chi connectivity index (χ0v) is 23.2. The van der Waals surface area contributed by atoms with Gasteiger partial charge in [-0.2, -0.15) is 0 Å². The Balaban J connectivity index is 1.33. The summed E-state index contributed by atoms with van der Waals surface area (Å²) in [5, 5.41) is 47.6. The number of carbonyl (C=O) groups excluding carboxylic acids is 2. The van der Waals surface area contributed by atoms with E-state index in [2.05, 4.69) is 0 Å². The maximum absolute atomic E-state index is 12.5. The van der Waals surface area contributed by atoms with Gasteiger partial charge in [0.2, 0.25) is 0 Å². The minimum atomic E-state index is -1.59. The molecule has 3 heterocycles. The predicted octanol–water partition coefficient (Wildman–Crippen LogP) is 1.86. The van der Waals surface area contributed by atoms with E-state index in [0.29, 0.717) is 32.1 Å². The number of rotatable bonds is 3. The summed E-state index contributed by atoms with van der Waals surface area (Å²) in [6.45, 7) is 9.69. The lowest BCUT2D eigenvalue weighted by Crippen LogP contribution is -2.67. The highest BCUT2D eigenvalue weighted by molar-refractivity contribution is 5.74.